The van der Waals surface area contributed by atoms with Crippen molar-refractivity contribution in [3.05, 3.63) is 24.0 Å². The Morgan fingerprint density at radius 2 is 2.11 bits per heavy atom. The zero-order chi connectivity index (χ0) is 13.2. The quantitative estimate of drug-likeness (QED) is 0.884. The number of aromatic nitrogens is 1. The van der Waals surface area contributed by atoms with Crippen molar-refractivity contribution >= 4 is 15.7 Å². The Morgan fingerprint density at radius 1 is 1.44 bits per heavy atom. The maximum atomic E-state index is 11.1. The van der Waals surface area contributed by atoms with Crippen LogP contribution in [0.3, 0.4) is 0 Å². The molecule has 2 N–H and O–H groups in total. The number of primary sulfonamides is 1. The van der Waals surface area contributed by atoms with Gasteiger partial charge in [0.2, 0.25) is 10.0 Å². The van der Waals surface area contributed by atoms with Crippen molar-refractivity contribution < 1.29 is 8.42 Å². The number of aryl methyl sites for hydroxylation is 1. The van der Waals surface area contributed by atoms with Crippen LogP contribution in [-0.4, -0.2) is 32.2 Å². The van der Waals surface area contributed by atoms with E-state index in [-0.39, 0.29) is 11.7 Å². The molecule has 1 saturated heterocycles. The first-order valence-corrected chi connectivity index (χ1v) is 7.84. The largest absolute Gasteiger partial charge is 0.371 e. The predicted octanol–water partition coefficient (Wildman–Crippen LogP) is 0.895. The van der Waals surface area contributed by atoms with E-state index in [1.54, 1.807) is 6.20 Å². The van der Waals surface area contributed by atoms with Gasteiger partial charge in [-0.1, -0.05) is 0 Å². The lowest BCUT2D eigenvalue weighted by molar-refractivity contribution is 0.436. The number of nitrogens with two attached hydrogens (primary N) is 1. The van der Waals surface area contributed by atoms with Gasteiger partial charge in [0.25, 0.3) is 0 Å². The van der Waals surface area contributed by atoms with Crippen molar-refractivity contribution in [2.75, 3.05) is 23.7 Å². The van der Waals surface area contributed by atoms with Gasteiger partial charge in [0, 0.05) is 30.7 Å². The number of pyridine rings is 1. The number of piperidine rings is 1. The van der Waals surface area contributed by atoms with Gasteiger partial charge in [-0.25, -0.2) is 13.6 Å². The van der Waals surface area contributed by atoms with E-state index < -0.39 is 10.0 Å². The number of sulfonamides is 1. The lowest BCUT2D eigenvalue weighted by atomic mass is 9.98. The molecule has 5 nitrogen and oxygen atoms in total. The van der Waals surface area contributed by atoms with E-state index in [9.17, 15) is 8.42 Å². The smallest absolute Gasteiger partial charge is 0.209 e. The van der Waals surface area contributed by atoms with Gasteiger partial charge in [-0.3, -0.25) is 4.98 Å². The van der Waals surface area contributed by atoms with Crippen molar-refractivity contribution in [3.8, 4) is 0 Å². The Hall–Kier alpha value is -1.14. The molecule has 0 spiro atoms. The van der Waals surface area contributed by atoms with Gasteiger partial charge in [-0.15, -0.1) is 0 Å². The Morgan fingerprint density at radius 3 is 2.67 bits per heavy atom. The summed E-state index contributed by atoms with van der Waals surface area (Å²) in [7, 11) is -3.34. The van der Waals surface area contributed by atoms with Crippen LogP contribution in [0.5, 0.6) is 0 Å². The Bertz CT molecular complexity index is 508. The van der Waals surface area contributed by atoms with E-state index in [4.69, 9.17) is 5.14 Å². The van der Waals surface area contributed by atoms with Gasteiger partial charge in [0.1, 0.15) is 0 Å². The first-order chi connectivity index (χ1) is 8.44. The van der Waals surface area contributed by atoms with Crippen molar-refractivity contribution in [3.63, 3.8) is 0 Å². The Kier molecular flexibility index (Phi) is 3.87. The van der Waals surface area contributed by atoms with Crippen LogP contribution in [0.1, 0.15) is 18.5 Å². The van der Waals surface area contributed by atoms with Gasteiger partial charge in [-0.2, -0.15) is 0 Å². The minimum atomic E-state index is -3.34. The highest BCUT2D eigenvalue weighted by Crippen LogP contribution is 2.23. The van der Waals surface area contributed by atoms with Crippen LogP contribution >= 0.6 is 0 Å². The predicted molar refractivity (Wildman–Crippen MR) is 71.9 cm³/mol. The van der Waals surface area contributed by atoms with Gasteiger partial charge in [-0.05, 0) is 37.8 Å². The molecule has 0 atom stereocenters. The third kappa shape index (κ3) is 3.68. The molecule has 1 aliphatic heterocycles. The fourth-order valence-corrected chi connectivity index (χ4v) is 3.40. The molecular weight excluding hydrogens is 250 g/mol. The summed E-state index contributed by atoms with van der Waals surface area (Å²) in [4.78, 5) is 6.45. The van der Waals surface area contributed by atoms with Gasteiger partial charge in [0.05, 0.1) is 5.75 Å². The molecule has 2 heterocycles. The summed E-state index contributed by atoms with van der Waals surface area (Å²) in [5.41, 5.74) is 2.16. The molecule has 0 aromatic carbocycles. The second-order valence-electron chi connectivity index (χ2n) is 4.92. The van der Waals surface area contributed by atoms with E-state index in [0.717, 1.165) is 37.3 Å². The molecule has 0 bridgehead atoms. The summed E-state index contributed by atoms with van der Waals surface area (Å²) in [6.07, 6.45) is 3.55. The second kappa shape index (κ2) is 5.24. The van der Waals surface area contributed by atoms with Gasteiger partial charge in [0.15, 0.2) is 0 Å². The van der Waals surface area contributed by atoms with Crippen LogP contribution in [0.4, 0.5) is 5.69 Å². The van der Waals surface area contributed by atoms with Crippen LogP contribution in [-0.2, 0) is 10.0 Å². The molecule has 1 aliphatic rings. The fourth-order valence-electron chi connectivity index (χ4n) is 2.41. The van der Waals surface area contributed by atoms with E-state index in [1.165, 1.54) is 0 Å². The summed E-state index contributed by atoms with van der Waals surface area (Å²) in [6.45, 7) is 3.73. The van der Waals surface area contributed by atoms with Crippen molar-refractivity contribution in [1.29, 1.82) is 0 Å². The number of anilines is 1. The summed E-state index contributed by atoms with van der Waals surface area (Å²) in [5.74, 6) is 0.301. The molecule has 18 heavy (non-hydrogen) atoms. The highest BCUT2D eigenvalue weighted by Gasteiger charge is 2.22. The minimum Gasteiger partial charge on any atom is -0.371 e. The van der Waals surface area contributed by atoms with Crippen LogP contribution < -0.4 is 10.0 Å². The van der Waals surface area contributed by atoms with E-state index >= 15 is 0 Å². The maximum absolute atomic E-state index is 11.1. The topological polar surface area (TPSA) is 76.3 Å². The van der Waals surface area contributed by atoms with Crippen molar-refractivity contribution in [1.82, 2.24) is 4.98 Å². The molecule has 1 aromatic rings. The van der Waals surface area contributed by atoms with E-state index in [0.29, 0.717) is 0 Å². The van der Waals surface area contributed by atoms with E-state index in [1.807, 2.05) is 13.0 Å². The molecule has 0 radical (unpaired) electrons. The van der Waals surface area contributed by atoms with Crippen molar-refractivity contribution in [2.45, 2.75) is 19.8 Å². The SMILES string of the molecule is Cc1cc(N2CCC(CS(N)(=O)=O)CC2)ccn1. The summed E-state index contributed by atoms with van der Waals surface area (Å²) in [5, 5.41) is 5.08. The van der Waals surface area contributed by atoms with Crippen molar-refractivity contribution in [2.24, 2.45) is 11.1 Å². The number of hydrogen-bond acceptors (Lipinski definition) is 4. The monoisotopic (exact) mass is 269 g/mol. The average molecular weight is 269 g/mol. The number of hydrogen-bond donors (Lipinski definition) is 1. The fraction of sp³-hybridized carbons (Fsp3) is 0.583. The summed E-state index contributed by atoms with van der Waals surface area (Å²) in [6, 6.07) is 4.05. The minimum absolute atomic E-state index is 0.107. The molecule has 0 aliphatic carbocycles. The van der Waals surface area contributed by atoms with Gasteiger partial charge < -0.3 is 4.90 Å². The highest BCUT2D eigenvalue weighted by molar-refractivity contribution is 7.89. The molecule has 0 amide bonds. The molecule has 100 valence electrons. The van der Waals surface area contributed by atoms with Crippen LogP contribution in [0, 0.1) is 12.8 Å². The molecule has 2 rings (SSSR count). The summed E-state index contributed by atoms with van der Waals surface area (Å²) < 4.78 is 22.1. The first-order valence-electron chi connectivity index (χ1n) is 6.12. The average Bonchev–Trinajstić information content (AvgIpc) is 2.28. The Balaban J connectivity index is 1.94. The lowest BCUT2D eigenvalue weighted by Gasteiger charge is -2.33. The molecule has 1 fully saturated rings. The zero-order valence-electron chi connectivity index (χ0n) is 10.5. The lowest BCUT2D eigenvalue weighted by Crippen LogP contribution is -2.37. The first kappa shape index (κ1) is 13.3. The zero-order valence-corrected chi connectivity index (χ0v) is 11.4. The second-order valence-corrected chi connectivity index (χ2v) is 6.57. The van der Waals surface area contributed by atoms with Crippen LogP contribution in [0.25, 0.3) is 0 Å². The standard InChI is InChI=1S/C12H19N3O2S/c1-10-8-12(2-5-14-10)15-6-3-11(4-7-15)9-18(13,16)17/h2,5,8,11H,3-4,6-7,9H2,1H3,(H2,13,16,17). The maximum Gasteiger partial charge on any atom is 0.209 e. The third-order valence-electron chi connectivity index (χ3n) is 3.33. The van der Waals surface area contributed by atoms with E-state index in [2.05, 4.69) is 16.0 Å². The summed E-state index contributed by atoms with van der Waals surface area (Å²) >= 11 is 0. The highest BCUT2D eigenvalue weighted by atomic mass is 32.2. The number of nitrogens with zero attached hydrogens (tertiary/aromatic N) is 2. The molecule has 6 heteroatoms. The molecule has 1 aromatic heterocycles. The van der Waals surface area contributed by atoms with Gasteiger partial charge >= 0.3 is 0 Å². The molecule has 0 unspecified atom stereocenters. The number of rotatable bonds is 3. The van der Waals surface area contributed by atoms with Crippen LogP contribution in [0.15, 0.2) is 18.3 Å². The molecule has 0 saturated carbocycles. The molecular formula is C12H19N3O2S. The Labute approximate surface area is 108 Å². The normalized spacial score (nSPS) is 18.0. The van der Waals surface area contributed by atoms with Crippen LogP contribution in [0.2, 0.25) is 0 Å². The third-order valence-corrected chi connectivity index (χ3v) is 4.26.